The van der Waals surface area contributed by atoms with Crippen LogP contribution in [0.25, 0.3) is 0 Å². The van der Waals surface area contributed by atoms with E-state index >= 15 is 0 Å². The number of anilines is 1. The smallest absolute Gasteiger partial charge is 0.341 e. The average molecular weight is 454 g/mol. The van der Waals surface area contributed by atoms with Gasteiger partial charge in [0.05, 0.1) is 27.7 Å². The van der Waals surface area contributed by atoms with Gasteiger partial charge in [-0.05, 0) is 38.7 Å². The zero-order chi connectivity index (χ0) is 22.6. The van der Waals surface area contributed by atoms with Crippen LogP contribution in [0.15, 0.2) is 18.2 Å². The molecule has 0 bridgehead atoms. The van der Waals surface area contributed by atoms with Crippen LogP contribution < -0.4 is 4.90 Å². The molecular formula is C20H27N3O7S. The lowest BCUT2D eigenvalue weighted by Crippen LogP contribution is -2.43. The van der Waals surface area contributed by atoms with Crippen molar-refractivity contribution in [1.82, 2.24) is 4.90 Å². The highest BCUT2D eigenvalue weighted by molar-refractivity contribution is 7.91. The number of carbonyl (C=O) groups is 2. The number of nitro groups is 1. The average Bonchev–Trinajstić information content (AvgIpc) is 3.11. The minimum atomic E-state index is -3.16. The van der Waals surface area contributed by atoms with Gasteiger partial charge in [0.1, 0.15) is 0 Å². The number of hydrogen-bond donors (Lipinski definition) is 0. The summed E-state index contributed by atoms with van der Waals surface area (Å²) in [5.74, 6) is -1.35. The Bertz CT molecular complexity index is 958. The Morgan fingerprint density at radius 1 is 1.26 bits per heavy atom. The number of sulfone groups is 1. The first-order valence-electron chi connectivity index (χ1n) is 10.4. The Balaban J connectivity index is 1.73. The van der Waals surface area contributed by atoms with E-state index in [1.807, 2.05) is 4.90 Å². The summed E-state index contributed by atoms with van der Waals surface area (Å²) in [5.41, 5.74) is 0.373. The van der Waals surface area contributed by atoms with Gasteiger partial charge in [0, 0.05) is 37.8 Å². The largest absolute Gasteiger partial charge is 0.452 e. The summed E-state index contributed by atoms with van der Waals surface area (Å²) >= 11 is 0. The second kappa shape index (κ2) is 9.63. The summed E-state index contributed by atoms with van der Waals surface area (Å²) in [7, 11) is -3.16. The van der Waals surface area contributed by atoms with E-state index in [0.717, 1.165) is 32.4 Å². The maximum Gasteiger partial charge on any atom is 0.341 e. The molecule has 31 heavy (non-hydrogen) atoms. The fourth-order valence-corrected chi connectivity index (χ4v) is 5.89. The molecule has 3 rings (SSSR count). The first-order valence-corrected chi connectivity index (χ1v) is 12.2. The molecular weight excluding hydrogens is 426 g/mol. The molecule has 170 valence electrons. The van der Waals surface area contributed by atoms with Crippen LogP contribution in [0.2, 0.25) is 0 Å². The fraction of sp³-hybridized carbons (Fsp3) is 0.600. The zero-order valence-electron chi connectivity index (χ0n) is 17.5. The van der Waals surface area contributed by atoms with Gasteiger partial charge < -0.3 is 14.5 Å². The van der Waals surface area contributed by atoms with E-state index in [2.05, 4.69) is 0 Å². The van der Waals surface area contributed by atoms with E-state index in [1.54, 1.807) is 13.0 Å². The number of ether oxygens (including phenoxy) is 1. The Morgan fingerprint density at radius 2 is 1.97 bits per heavy atom. The van der Waals surface area contributed by atoms with Gasteiger partial charge in [-0.25, -0.2) is 13.2 Å². The molecule has 1 aromatic rings. The first-order chi connectivity index (χ1) is 14.7. The fourth-order valence-electron chi connectivity index (χ4n) is 4.16. The van der Waals surface area contributed by atoms with Gasteiger partial charge in [0.25, 0.3) is 11.6 Å². The lowest BCUT2D eigenvalue weighted by Gasteiger charge is -2.30. The number of esters is 1. The maximum atomic E-state index is 12.8. The minimum Gasteiger partial charge on any atom is -0.452 e. The Hall–Kier alpha value is -2.69. The van der Waals surface area contributed by atoms with Crippen LogP contribution in [0.5, 0.6) is 0 Å². The molecule has 0 radical (unpaired) electrons. The number of carbonyl (C=O) groups excluding carboxylic acids is 2. The van der Waals surface area contributed by atoms with Crippen LogP contribution >= 0.6 is 0 Å². The number of likely N-dealkylation sites (N-methyl/N-ethyl adjacent to an activating group) is 1. The molecule has 0 aliphatic carbocycles. The SMILES string of the molecule is CCN(C(=O)COC(=O)c1cc([N+](=O)[O-])ccc1N1CCCCC1)[C@H]1CCS(=O)(=O)C1. The second-order valence-corrected chi connectivity index (χ2v) is 10.0. The highest BCUT2D eigenvalue weighted by Gasteiger charge is 2.34. The van der Waals surface area contributed by atoms with Crippen LogP contribution in [0.3, 0.4) is 0 Å². The number of nitro benzene ring substituents is 1. The number of non-ortho nitro benzene ring substituents is 1. The van der Waals surface area contributed by atoms with Crippen molar-refractivity contribution in [2.75, 3.05) is 42.6 Å². The third-order valence-electron chi connectivity index (χ3n) is 5.74. The highest BCUT2D eigenvalue weighted by atomic mass is 32.2. The highest BCUT2D eigenvalue weighted by Crippen LogP contribution is 2.28. The number of piperidine rings is 1. The molecule has 11 heteroatoms. The van der Waals surface area contributed by atoms with E-state index in [9.17, 15) is 28.1 Å². The van der Waals surface area contributed by atoms with Crippen molar-refractivity contribution >= 4 is 33.1 Å². The summed E-state index contributed by atoms with van der Waals surface area (Å²) < 4.78 is 28.7. The molecule has 2 saturated heterocycles. The van der Waals surface area contributed by atoms with Crippen molar-refractivity contribution in [3.05, 3.63) is 33.9 Å². The predicted octanol–water partition coefficient (Wildman–Crippen LogP) is 1.78. The topological polar surface area (TPSA) is 127 Å². The summed E-state index contributed by atoms with van der Waals surface area (Å²) in [6, 6.07) is 3.65. The third kappa shape index (κ3) is 5.52. The predicted molar refractivity (Wildman–Crippen MR) is 114 cm³/mol. The third-order valence-corrected chi connectivity index (χ3v) is 7.49. The van der Waals surface area contributed by atoms with Crippen LogP contribution in [0.1, 0.15) is 43.0 Å². The van der Waals surface area contributed by atoms with Crippen molar-refractivity contribution < 1.29 is 27.7 Å². The van der Waals surface area contributed by atoms with Crippen molar-refractivity contribution in [1.29, 1.82) is 0 Å². The van der Waals surface area contributed by atoms with E-state index in [1.165, 1.54) is 17.0 Å². The molecule has 2 heterocycles. The van der Waals surface area contributed by atoms with Crippen molar-refractivity contribution in [2.24, 2.45) is 0 Å². The van der Waals surface area contributed by atoms with Gasteiger partial charge in [-0.1, -0.05) is 0 Å². The number of benzene rings is 1. The quantitative estimate of drug-likeness (QED) is 0.347. The molecule has 0 unspecified atom stereocenters. The van der Waals surface area contributed by atoms with E-state index in [0.29, 0.717) is 18.7 Å². The Kier molecular flexibility index (Phi) is 7.14. The second-order valence-electron chi connectivity index (χ2n) is 7.82. The zero-order valence-corrected chi connectivity index (χ0v) is 18.3. The molecule has 1 atom stereocenters. The molecule has 2 aliphatic heterocycles. The van der Waals surface area contributed by atoms with Crippen LogP contribution in [-0.2, 0) is 19.4 Å². The normalized spacial score (nSPS) is 20.3. The molecule has 0 N–H and O–H groups in total. The molecule has 10 nitrogen and oxygen atoms in total. The van der Waals surface area contributed by atoms with Crippen molar-refractivity contribution in [2.45, 2.75) is 38.6 Å². The molecule has 2 aliphatic rings. The van der Waals surface area contributed by atoms with Gasteiger partial charge >= 0.3 is 5.97 Å². The van der Waals surface area contributed by atoms with Crippen LogP contribution in [0, 0.1) is 10.1 Å². The lowest BCUT2D eigenvalue weighted by atomic mass is 10.1. The monoisotopic (exact) mass is 453 g/mol. The molecule has 0 aromatic heterocycles. The van der Waals surface area contributed by atoms with Gasteiger partial charge in [-0.15, -0.1) is 0 Å². The number of nitrogens with zero attached hydrogens (tertiary/aromatic N) is 3. The summed E-state index contributed by atoms with van der Waals surface area (Å²) in [4.78, 5) is 39.4. The first kappa shape index (κ1) is 23.0. The van der Waals surface area contributed by atoms with E-state index in [4.69, 9.17) is 4.74 Å². The standard InChI is InChI=1S/C20H27N3O7S/c1-2-22(16-8-11-31(28,29)14-16)19(24)13-30-20(25)17-12-15(23(26)27)6-7-18(17)21-9-4-3-5-10-21/h6-7,12,16H,2-5,8-11,13-14H2,1H3/t16-/m0/s1. The van der Waals surface area contributed by atoms with E-state index < -0.39 is 39.3 Å². The van der Waals surface area contributed by atoms with Gasteiger partial charge in [-0.2, -0.15) is 0 Å². The van der Waals surface area contributed by atoms with Crippen LogP contribution in [0.4, 0.5) is 11.4 Å². The molecule has 0 spiro atoms. The Labute approximate surface area is 181 Å². The van der Waals surface area contributed by atoms with Crippen LogP contribution in [-0.4, -0.2) is 73.9 Å². The van der Waals surface area contributed by atoms with E-state index in [-0.39, 0.29) is 22.8 Å². The summed E-state index contributed by atoms with van der Waals surface area (Å²) in [6.07, 6.45) is 3.36. The number of hydrogen-bond acceptors (Lipinski definition) is 8. The lowest BCUT2D eigenvalue weighted by molar-refractivity contribution is -0.384. The number of amides is 1. The van der Waals surface area contributed by atoms with Gasteiger partial charge in [0.2, 0.25) is 0 Å². The summed E-state index contributed by atoms with van der Waals surface area (Å²) in [5, 5.41) is 11.2. The molecule has 1 aromatic carbocycles. The Morgan fingerprint density at radius 3 is 2.55 bits per heavy atom. The number of rotatable bonds is 7. The molecule has 0 saturated carbocycles. The summed E-state index contributed by atoms with van der Waals surface area (Å²) in [6.45, 7) is 2.95. The molecule has 2 fully saturated rings. The maximum absolute atomic E-state index is 12.8. The van der Waals surface area contributed by atoms with Gasteiger partial charge in [-0.3, -0.25) is 14.9 Å². The molecule has 1 amide bonds. The van der Waals surface area contributed by atoms with Crippen molar-refractivity contribution in [3.8, 4) is 0 Å². The minimum absolute atomic E-state index is 0.0358. The van der Waals surface area contributed by atoms with Gasteiger partial charge in [0.15, 0.2) is 16.4 Å². The van der Waals surface area contributed by atoms with Crippen molar-refractivity contribution in [3.63, 3.8) is 0 Å².